The summed E-state index contributed by atoms with van der Waals surface area (Å²) in [6.07, 6.45) is 2.60. The van der Waals surface area contributed by atoms with Crippen LogP contribution in [0.25, 0.3) is 0 Å². The fraction of sp³-hybridized carbons (Fsp3) is 0.625. The van der Waals surface area contributed by atoms with E-state index in [1.807, 2.05) is 7.05 Å². The van der Waals surface area contributed by atoms with Crippen molar-refractivity contribution in [3.05, 3.63) is 10.7 Å². The largest absolute Gasteiger partial charge is 0.393 e. The second-order valence-electron chi connectivity index (χ2n) is 2.86. The molecule has 2 N–H and O–H groups in total. The highest BCUT2D eigenvalue weighted by Gasteiger charge is 2.03. The van der Waals surface area contributed by atoms with Crippen molar-refractivity contribution in [1.82, 2.24) is 5.32 Å². The van der Waals surface area contributed by atoms with Crippen LogP contribution in [0.4, 0.5) is 0 Å². The lowest BCUT2D eigenvalue weighted by Gasteiger charge is -2.05. The zero-order chi connectivity index (χ0) is 8.85. The number of hydrogen-bond donors (Lipinski definition) is 2. The first-order valence-corrected chi connectivity index (χ1v) is 4.48. The lowest BCUT2D eigenvalue weighted by atomic mass is 10.1. The molecular weight excluding hydrogens is 204 g/mol. The summed E-state index contributed by atoms with van der Waals surface area (Å²) in [6.45, 7) is 4.21. The third-order valence-corrected chi connectivity index (χ3v) is 1.88. The molecule has 0 saturated carbocycles. The first kappa shape index (κ1) is 10.7. The fourth-order valence-corrected chi connectivity index (χ4v) is 1.11. The van der Waals surface area contributed by atoms with Crippen LogP contribution in [0.3, 0.4) is 0 Å². The topological polar surface area (TPSA) is 35.9 Å². The highest BCUT2D eigenvalue weighted by Crippen LogP contribution is 2.12. The molecule has 0 aromatic carbocycles. The summed E-state index contributed by atoms with van der Waals surface area (Å²) in [5.41, 5.74) is 0.648. The molecule has 0 aliphatic heterocycles. The predicted molar refractivity (Wildman–Crippen MR) is 53.3 cm³/mol. The Kier molecular flexibility index (Phi) is 5.20. The first-order valence-electron chi connectivity index (χ1n) is 3.68. The van der Waals surface area contributed by atoms with Crippen molar-refractivity contribution < 1.29 is 0 Å². The molecule has 0 amide bonds. The molecule has 64 valence electrons. The monoisotopic (exact) mass is 218 g/mol. The molecule has 0 aromatic heterocycles. The van der Waals surface area contributed by atoms with Gasteiger partial charge in [-0.25, -0.2) is 0 Å². The lowest BCUT2D eigenvalue weighted by molar-refractivity contribution is 0.683. The highest BCUT2D eigenvalue weighted by molar-refractivity contribution is 9.12. The molecule has 0 aromatic rings. The molecule has 0 bridgehead atoms. The van der Waals surface area contributed by atoms with Gasteiger partial charge in [0.05, 0.1) is 4.48 Å². The van der Waals surface area contributed by atoms with Gasteiger partial charge in [-0.3, -0.25) is 0 Å². The number of halogens is 1. The van der Waals surface area contributed by atoms with Crippen LogP contribution in [0.1, 0.15) is 20.3 Å². The quantitative estimate of drug-likeness (QED) is 0.700. The molecule has 2 nitrogen and oxygen atoms in total. The average Bonchev–Trinajstić information content (AvgIpc) is 1.86. The standard InChI is InChI=1S/C8H15BrN2/c1-6(2)4-8(10)7(9)5-11-3/h5-6,10-11H,4H2,1-3H3/b7-5+,10-8?. The van der Waals surface area contributed by atoms with Gasteiger partial charge < -0.3 is 10.7 Å². The van der Waals surface area contributed by atoms with E-state index in [1.165, 1.54) is 0 Å². The summed E-state index contributed by atoms with van der Waals surface area (Å²) < 4.78 is 0.841. The average molecular weight is 219 g/mol. The van der Waals surface area contributed by atoms with E-state index in [2.05, 4.69) is 35.1 Å². The minimum absolute atomic E-state index is 0.542. The third-order valence-electron chi connectivity index (χ3n) is 1.17. The molecule has 0 heterocycles. The Morgan fingerprint density at radius 1 is 1.64 bits per heavy atom. The van der Waals surface area contributed by atoms with Crippen molar-refractivity contribution >= 4 is 21.6 Å². The number of allylic oxidation sites excluding steroid dienone is 1. The Labute approximate surface area is 76.7 Å². The van der Waals surface area contributed by atoms with Crippen LogP contribution >= 0.6 is 15.9 Å². The van der Waals surface area contributed by atoms with Crippen molar-refractivity contribution in [2.75, 3.05) is 7.05 Å². The van der Waals surface area contributed by atoms with Gasteiger partial charge in [-0.15, -0.1) is 0 Å². The van der Waals surface area contributed by atoms with Crippen LogP contribution in [-0.4, -0.2) is 12.8 Å². The molecule has 0 spiro atoms. The molecule has 0 atom stereocenters. The number of nitrogens with one attached hydrogen (secondary N) is 2. The van der Waals surface area contributed by atoms with E-state index >= 15 is 0 Å². The van der Waals surface area contributed by atoms with Crippen molar-refractivity contribution in [2.24, 2.45) is 5.92 Å². The molecule has 0 unspecified atom stereocenters. The summed E-state index contributed by atoms with van der Waals surface area (Å²) in [6, 6.07) is 0. The van der Waals surface area contributed by atoms with E-state index in [0.717, 1.165) is 10.9 Å². The normalized spacial score (nSPS) is 11.9. The highest BCUT2D eigenvalue weighted by atomic mass is 79.9. The van der Waals surface area contributed by atoms with Gasteiger partial charge in [-0.2, -0.15) is 0 Å². The molecule has 0 saturated heterocycles. The zero-order valence-electron chi connectivity index (χ0n) is 7.24. The van der Waals surface area contributed by atoms with Crippen LogP contribution in [0.2, 0.25) is 0 Å². The SMILES string of the molecule is CN/C=C(/Br)C(=N)CC(C)C. The van der Waals surface area contributed by atoms with Gasteiger partial charge in [0.25, 0.3) is 0 Å². The maximum atomic E-state index is 7.57. The lowest BCUT2D eigenvalue weighted by Crippen LogP contribution is -2.04. The van der Waals surface area contributed by atoms with Gasteiger partial charge in [-0.05, 0) is 28.3 Å². The number of rotatable bonds is 4. The predicted octanol–water partition coefficient (Wildman–Crippen LogP) is 2.51. The summed E-state index contributed by atoms with van der Waals surface area (Å²) in [4.78, 5) is 0. The third kappa shape index (κ3) is 5.01. The first-order chi connectivity index (χ1) is 5.07. The smallest absolute Gasteiger partial charge is 0.0539 e. The molecule has 3 heteroatoms. The molecule has 11 heavy (non-hydrogen) atoms. The van der Waals surface area contributed by atoms with Crippen molar-refractivity contribution in [2.45, 2.75) is 20.3 Å². The molecular formula is C8H15BrN2. The molecule has 0 aliphatic carbocycles. The van der Waals surface area contributed by atoms with Crippen LogP contribution in [0.5, 0.6) is 0 Å². The summed E-state index contributed by atoms with van der Waals surface area (Å²) in [7, 11) is 1.82. The van der Waals surface area contributed by atoms with Crippen LogP contribution in [0.15, 0.2) is 10.7 Å². The molecule has 0 fully saturated rings. The summed E-state index contributed by atoms with van der Waals surface area (Å²) in [5.74, 6) is 0.542. The second-order valence-corrected chi connectivity index (χ2v) is 3.71. The summed E-state index contributed by atoms with van der Waals surface area (Å²) in [5, 5.41) is 10.4. The van der Waals surface area contributed by atoms with Gasteiger partial charge in [0.15, 0.2) is 0 Å². The Morgan fingerprint density at radius 3 is 2.55 bits per heavy atom. The van der Waals surface area contributed by atoms with Gasteiger partial charge in [-0.1, -0.05) is 13.8 Å². The zero-order valence-corrected chi connectivity index (χ0v) is 8.83. The van der Waals surface area contributed by atoms with E-state index in [9.17, 15) is 0 Å². The van der Waals surface area contributed by atoms with E-state index in [-0.39, 0.29) is 0 Å². The summed E-state index contributed by atoms with van der Waals surface area (Å²) >= 11 is 3.31. The Bertz CT molecular complexity index is 161. The van der Waals surface area contributed by atoms with E-state index < -0.39 is 0 Å². The molecule has 0 aliphatic rings. The minimum atomic E-state index is 0.542. The second kappa shape index (κ2) is 5.35. The van der Waals surface area contributed by atoms with E-state index in [1.54, 1.807) is 6.20 Å². The van der Waals surface area contributed by atoms with Gasteiger partial charge in [0.2, 0.25) is 0 Å². The van der Waals surface area contributed by atoms with Crippen LogP contribution in [-0.2, 0) is 0 Å². The Balaban J connectivity index is 3.93. The Morgan fingerprint density at radius 2 is 2.18 bits per heavy atom. The van der Waals surface area contributed by atoms with Crippen molar-refractivity contribution in [1.29, 1.82) is 5.41 Å². The maximum absolute atomic E-state index is 7.57. The van der Waals surface area contributed by atoms with E-state index in [4.69, 9.17) is 5.41 Å². The van der Waals surface area contributed by atoms with Crippen molar-refractivity contribution in [3.8, 4) is 0 Å². The van der Waals surface area contributed by atoms with Crippen LogP contribution in [0, 0.1) is 11.3 Å². The van der Waals surface area contributed by atoms with Crippen LogP contribution < -0.4 is 5.32 Å². The fourth-order valence-electron chi connectivity index (χ4n) is 0.720. The minimum Gasteiger partial charge on any atom is -0.393 e. The maximum Gasteiger partial charge on any atom is 0.0539 e. The molecule has 0 rings (SSSR count). The van der Waals surface area contributed by atoms with Gasteiger partial charge in [0, 0.05) is 19.0 Å². The van der Waals surface area contributed by atoms with Crippen molar-refractivity contribution in [3.63, 3.8) is 0 Å². The molecule has 0 radical (unpaired) electrons. The number of hydrogen-bond acceptors (Lipinski definition) is 2. The van der Waals surface area contributed by atoms with Gasteiger partial charge >= 0.3 is 0 Å². The van der Waals surface area contributed by atoms with E-state index in [0.29, 0.717) is 11.6 Å². The van der Waals surface area contributed by atoms with Gasteiger partial charge in [0.1, 0.15) is 0 Å². The Hall–Kier alpha value is -0.310.